The third-order valence-corrected chi connectivity index (χ3v) is 5.37. The number of benzene rings is 2. The van der Waals surface area contributed by atoms with Gasteiger partial charge < -0.3 is 14.9 Å². The molecule has 0 amide bonds. The number of carbonyl (C=O) groups is 1. The van der Waals surface area contributed by atoms with E-state index in [0.717, 1.165) is 21.4 Å². The van der Waals surface area contributed by atoms with Gasteiger partial charge in [0.2, 0.25) is 5.65 Å². The molecule has 0 atom stereocenters. The molecule has 178 valence electrons. The molecule has 10 heteroatoms. The van der Waals surface area contributed by atoms with Crippen molar-refractivity contribution in [3.05, 3.63) is 107 Å². The number of ether oxygens (including phenoxy) is 1. The highest BCUT2D eigenvalue weighted by atomic mass is 16.7. The van der Waals surface area contributed by atoms with Crippen molar-refractivity contribution in [2.75, 3.05) is 12.4 Å². The summed E-state index contributed by atoms with van der Waals surface area (Å²) in [4.78, 5) is 49.0. The second kappa shape index (κ2) is 10.0. The quantitative estimate of drug-likeness (QED) is 0.349. The summed E-state index contributed by atoms with van der Waals surface area (Å²) in [5, 5.41) is 3.17. The van der Waals surface area contributed by atoms with Crippen LogP contribution in [-0.4, -0.2) is 37.7 Å². The van der Waals surface area contributed by atoms with E-state index >= 15 is 0 Å². The van der Waals surface area contributed by atoms with Gasteiger partial charge in [-0.05, 0) is 23.3 Å². The molecule has 0 radical (unpaired) electrons. The van der Waals surface area contributed by atoms with Crippen LogP contribution in [0.15, 0.2) is 90.5 Å². The van der Waals surface area contributed by atoms with E-state index in [1.807, 2.05) is 48.5 Å². The van der Waals surface area contributed by atoms with Crippen LogP contribution in [0, 0.1) is 0 Å². The van der Waals surface area contributed by atoms with E-state index in [2.05, 4.69) is 25.3 Å². The summed E-state index contributed by atoms with van der Waals surface area (Å²) in [6, 6.07) is 16.7. The average Bonchev–Trinajstić information content (AvgIpc) is 2.94. The van der Waals surface area contributed by atoms with Gasteiger partial charge in [-0.25, -0.2) is 24.7 Å². The molecule has 0 aliphatic heterocycles. The molecule has 1 N–H and O–H groups in total. The van der Waals surface area contributed by atoms with E-state index in [9.17, 15) is 9.59 Å². The lowest BCUT2D eigenvalue weighted by Gasteiger charge is -2.17. The molecule has 0 unspecified atom stereocenters. The van der Waals surface area contributed by atoms with E-state index < -0.39 is 11.5 Å². The van der Waals surface area contributed by atoms with Crippen molar-refractivity contribution in [1.29, 1.82) is 0 Å². The number of methoxy groups -OCH3 is 1. The number of nitrogens with zero attached hydrogens (tertiary/aromatic N) is 5. The SMILES string of the molecule is COC(=O)c1c(Nc2cccc(-c3cncnc3)c2)c2nccnc2n(OCc2ccccc2)c1=O. The lowest BCUT2D eigenvalue weighted by atomic mass is 10.1. The molecule has 0 spiro atoms. The van der Waals surface area contributed by atoms with Crippen molar-refractivity contribution >= 4 is 28.5 Å². The minimum atomic E-state index is -0.834. The fourth-order valence-electron chi connectivity index (χ4n) is 3.69. The Balaban J connectivity index is 1.62. The Morgan fingerprint density at radius 2 is 1.75 bits per heavy atom. The topological polar surface area (TPSA) is 121 Å². The first kappa shape index (κ1) is 22.7. The first-order valence-corrected chi connectivity index (χ1v) is 10.9. The summed E-state index contributed by atoms with van der Waals surface area (Å²) in [6.07, 6.45) is 7.75. The van der Waals surface area contributed by atoms with Gasteiger partial charge in [-0.3, -0.25) is 4.79 Å². The van der Waals surface area contributed by atoms with Crippen LogP contribution < -0.4 is 15.7 Å². The zero-order chi connectivity index (χ0) is 24.9. The van der Waals surface area contributed by atoms with Crippen LogP contribution in [0.5, 0.6) is 0 Å². The van der Waals surface area contributed by atoms with Crippen LogP contribution in [0.1, 0.15) is 15.9 Å². The highest BCUT2D eigenvalue weighted by molar-refractivity contribution is 6.04. The highest BCUT2D eigenvalue weighted by Crippen LogP contribution is 2.29. The van der Waals surface area contributed by atoms with Gasteiger partial charge in [0, 0.05) is 36.0 Å². The smallest absolute Gasteiger partial charge is 0.345 e. The molecule has 2 aromatic carbocycles. The maximum atomic E-state index is 13.5. The molecule has 5 rings (SSSR count). The number of pyridine rings is 1. The van der Waals surface area contributed by atoms with Crippen molar-refractivity contribution in [2.24, 2.45) is 0 Å². The maximum Gasteiger partial charge on any atom is 0.345 e. The Morgan fingerprint density at radius 1 is 0.972 bits per heavy atom. The second-order valence-corrected chi connectivity index (χ2v) is 7.66. The molecule has 5 aromatic rings. The zero-order valence-electron chi connectivity index (χ0n) is 19.2. The Morgan fingerprint density at radius 3 is 2.53 bits per heavy atom. The molecule has 0 saturated carbocycles. The molecule has 3 aromatic heterocycles. The average molecular weight is 480 g/mol. The molecule has 10 nitrogen and oxygen atoms in total. The number of aromatic nitrogens is 5. The van der Waals surface area contributed by atoms with Gasteiger partial charge in [-0.1, -0.05) is 42.5 Å². The summed E-state index contributed by atoms with van der Waals surface area (Å²) in [6.45, 7) is 0.0843. The summed E-state index contributed by atoms with van der Waals surface area (Å²) in [5.74, 6) is -0.834. The number of nitrogens with one attached hydrogen (secondary N) is 1. The monoisotopic (exact) mass is 480 g/mol. The molecular weight excluding hydrogens is 460 g/mol. The number of esters is 1. The van der Waals surface area contributed by atoms with Gasteiger partial charge in [0.25, 0.3) is 0 Å². The van der Waals surface area contributed by atoms with E-state index in [-0.39, 0.29) is 29.0 Å². The molecule has 3 heterocycles. The molecular formula is C26H20N6O4. The Hall–Kier alpha value is -5.12. The third kappa shape index (κ3) is 4.47. The van der Waals surface area contributed by atoms with Crippen molar-refractivity contribution in [3.63, 3.8) is 0 Å². The van der Waals surface area contributed by atoms with Crippen molar-refractivity contribution in [2.45, 2.75) is 6.61 Å². The summed E-state index contributed by atoms with van der Waals surface area (Å²) in [5.41, 5.74) is 2.70. The van der Waals surface area contributed by atoms with Crippen LogP contribution in [0.3, 0.4) is 0 Å². The number of rotatable bonds is 7. The zero-order valence-corrected chi connectivity index (χ0v) is 19.2. The fraction of sp³-hybridized carbons (Fsp3) is 0.0769. The predicted molar refractivity (Wildman–Crippen MR) is 133 cm³/mol. The summed E-state index contributed by atoms with van der Waals surface area (Å²) < 4.78 is 5.92. The van der Waals surface area contributed by atoms with Gasteiger partial charge in [0.15, 0.2) is 5.56 Å². The number of anilines is 2. The molecule has 0 bridgehead atoms. The lowest BCUT2D eigenvalue weighted by molar-refractivity contribution is 0.0585. The Kier molecular flexibility index (Phi) is 6.31. The minimum absolute atomic E-state index is 0.0843. The highest BCUT2D eigenvalue weighted by Gasteiger charge is 2.26. The molecule has 36 heavy (non-hydrogen) atoms. The normalized spacial score (nSPS) is 10.7. The van der Waals surface area contributed by atoms with Crippen molar-refractivity contribution in [1.82, 2.24) is 24.7 Å². The number of hydrogen-bond acceptors (Lipinski definition) is 9. The molecule has 0 saturated heterocycles. The molecule has 0 aliphatic rings. The first-order chi connectivity index (χ1) is 17.7. The van der Waals surface area contributed by atoms with Crippen LogP contribution in [-0.2, 0) is 11.3 Å². The van der Waals surface area contributed by atoms with Gasteiger partial charge in [-0.15, -0.1) is 4.73 Å². The van der Waals surface area contributed by atoms with E-state index in [1.165, 1.54) is 25.8 Å². The van der Waals surface area contributed by atoms with Gasteiger partial charge in [-0.2, -0.15) is 0 Å². The maximum absolute atomic E-state index is 13.5. The van der Waals surface area contributed by atoms with Crippen molar-refractivity contribution in [3.8, 4) is 11.1 Å². The second-order valence-electron chi connectivity index (χ2n) is 7.66. The first-order valence-electron chi connectivity index (χ1n) is 10.9. The Labute approximate surface area is 205 Å². The lowest BCUT2D eigenvalue weighted by Crippen LogP contribution is -2.33. The van der Waals surface area contributed by atoms with Crippen LogP contribution in [0.25, 0.3) is 22.3 Å². The number of fused-ring (bicyclic) bond motifs is 1. The third-order valence-electron chi connectivity index (χ3n) is 5.37. The number of hydrogen-bond donors (Lipinski definition) is 1. The van der Waals surface area contributed by atoms with E-state index in [0.29, 0.717) is 5.69 Å². The minimum Gasteiger partial charge on any atom is -0.465 e. The van der Waals surface area contributed by atoms with Crippen LogP contribution >= 0.6 is 0 Å². The summed E-state index contributed by atoms with van der Waals surface area (Å²) in [7, 11) is 1.21. The largest absolute Gasteiger partial charge is 0.465 e. The van der Waals surface area contributed by atoms with Crippen LogP contribution in [0.4, 0.5) is 11.4 Å². The van der Waals surface area contributed by atoms with Gasteiger partial charge in [0.05, 0.1) is 12.8 Å². The van der Waals surface area contributed by atoms with Crippen molar-refractivity contribution < 1.29 is 14.4 Å². The predicted octanol–water partition coefficient (Wildman–Crippen LogP) is 3.41. The van der Waals surface area contributed by atoms with E-state index in [1.54, 1.807) is 18.5 Å². The Bertz CT molecular complexity index is 1590. The van der Waals surface area contributed by atoms with Gasteiger partial charge >= 0.3 is 11.5 Å². The number of carbonyl (C=O) groups excluding carboxylic acids is 1. The van der Waals surface area contributed by atoms with E-state index in [4.69, 9.17) is 9.57 Å². The summed E-state index contributed by atoms with van der Waals surface area (Å²) >= 11 is 0. The fourth-order valence-corrected chi connectivity index (χ4v) is 3.69. The molecule has 0 fully saturated rings. The standard InChI is InChI=1S/C26H20N6O4/c1-35-26(34)21-22(31-20-9-5-8-18(12-20)19-13-27-16-28-14-19)23-24(30-11-10-29-23)32(25(21)33)36-15-17-6-3-2-4-7-17/h2-14,16,31H,15H2,1H3. The van der Waals surface area contributed by atoms with Gasteiger partial charge in [0.1, 0.15) is 18.5 Å². The van der Waals surface area contributed by atoms with Crippen LogP contribution in [0.2, 0.25) is 0 Å². The molecule has 0 aliphatic carbocycles.